The molecule has 1 saturated heterocycles. The van der Waals surface area contributed by atoms with Crippen molar-refractivity contribution in [1.29, 1.82) is 0 Å². The van der Waals surface area contributed by atoms with Crippen LogP contribution in [0.2, 0.25) is 0 Å². The molecule has 1 aromatic heterocycles. The first-order chi connectivity index (χ1) is 10.8. The summed E-state index contributed by atoms with van der Waals surface area (Å²) >= 11 is 0. The van der Waals surface area contributed by atoms with E-state index in [-0.39, 0.29) is 36.8 Å². The summed E-state index contributed by atoms with van der Waals surface area (Å²) in [6.45, 7) is 2.30. The summed E-state index contributed by atoms with van der Waals surface area (Å²) in [4.78, 5) is 18.7. The molecule has 1 amide bonds. The van der Waals surface area contributed by atoms with Gasteiger partial charge in [-0.1, -0.05) is 36.4 Å². The molecule has 0 radical (unpaired) electrons. The van der Waals surface area contributed by atoms with Gasteiger partial charge in [0.1, 0.15) is 0 Å². The summed E-state index contributed by atoms with van der Waals surface area (Å²) < 4.78 is 0. The van der Waals surface area contributed by atoms with Crippen LogP contribution in [0.5, 0.6) is 0 Å². The molecular weight excluding hydrogens is 345 g/mol. The van der Waals surface area contributed by atoms with Crippen LogP contribution < -0.4 is 5.32 Å². The molecule has 0 spiro atoms. The number of pyridine rings is 1. The summed E-state index contributed by atoms with van der Waals surface area (Å²) in [5.74, 6) is 0.200. The highest BCUT2D eigenvalue weighted by Crippen LogP contribution is 2.12. The lowest BCUT2D eigenvalue weighted by atomic mass is 10.0. The lowest BCUT2D eigenvalue weighted by Crippen LogP contribution is -2.54. The maximum Gasteiger partial charge on any atom is 0.240 e. The highest BCUT2D eigenvalue weighted by Gasteiger charge is 2.28. The Bertz CT molecular complexity index is 606. The fourth-order valence-corrected chi connectivity index (χ4v) is 2.61. The molecule has 0 bridgehead atoms. The topological polar surface area (TPSA) is 45.2 Å². The molecule has 4 nitrogen and oxygen atoms in total. The Morgan fingerprint density at radius 2 is 1.83 bits per heavy atom. The van der Waals surface area contributed by atoms with Gasteiger partial charge in [0, 0.05) is 25.5 Å². The van der Waals surface area contributed by atoms with Crippen molar-refractivity contribution in [3.8, 4) is 0 Å². The fourth-order valence-electron chi connectivity index (χ4n) is 2.61. The first-order valence-corrected chi connectivity index (χ1v) is 7.78. The smallest absolute Gasteiger partial charge is 0.240 e. The van der Waals surface area contributed by atoms with Gasteiger partial charge in [0.2, 0.25) is 5.91 Å². The number of hydrogen-bond acceptors (Lipinski definition) is 3. The number of aromatic nitrogens is 1. The lowest BCUT2D eigenvalue weighted by molar-refractivity contribution is -0.135. The van der Waals surface area contributed by atoms with E-state index in [1.54, 1.807) is 6.20 Å². The molecule has 1 N–H and O–H groups in total. The minimum absolute atomic E-state index is 0. The van der Waals surface area contributed by atoms with Crippen molar-refractivity contribution in [3.63, 3.8) is 0 Å². The fraction of sp³-hybridized carbons (Fsp3) is 0.333. The number of nitrogens with one attached hydrogen (secondary N) is 1. The predicted molar refractivity (Wildman–Crippen MR) is 101 cm³/mol. The third-order valence-electron chi connectivity index (χ3n) is 4.04. The van der Waals surface area contributed by atoms with Crippen LogP contribution in [0.3, 0.4) is 0 Å². The van der Waals surface area contributed by atoms with Crippen LogP contribution >= 0.6 is 24.8 Å². The van der Waals surface area contributed by atoms with Crippen LogP contribution in [0.25, 0.3) is 0 Å². The molecule has 0 saturated carbocycles. The number of carbonyl (C=O) groups is 1. The number of rotatable bonds is 6. The van der Waals surface area contributed by atoms with Gasteiger partial charge < -0.3 is 10.2 Å². The number of halogens is 2. The zero-order chi connectivity index (χ0) is 15.2. The van der Waals surface area contributed by atoms with Gasteiger partial charge in [-0.25, -0.2) is 0 Å². The van der Waals surface area contributed by atoms with E-state index < -0.39 is 0 Å². The molecule has 3 rings (SSSR count). The van der Waals surface area contributed by atoms with Crippen molar-refractivity contribution in [2.24, 2.45) is 0 Å². The van der Waals surface area contributed by atoms with Crippen LogP contribution in [0.1, 0.15) is 17.5 Å². The van der Waals surface area contributed by atoms with Crippen LogP contribution in [0.4, 0.5) is 0 Å². The van der Waals surface area contributed by atoms with Gasteiger partial charge in [0.25, 0.3) is 0 Å². The van der Waals surface area contributed by atoms with Crippen molar-refractivity contribution < 1.29 is 4.79 Å². The van der Waals surface area contributed by atoms with E-state index >= 15 is 0 Å². The second-order valence-corrected chi connectivity index (χ2v) is 5.65. The van der Waals surface area contributed by atoms with E-state index in [0.29, 0.717) is 6.54 Å². The van der Waals surface area contributed by atoms with Crippen LogP contribution in [0, 0.1) is 0 Å². The molecule has 6 heteroatoms. The average molecular weight is 368 g/mol. The van der Waals surface area contributed by atoms with Crippen LogP contribution in [0.15, 0.2) is 54.9 Å². The SMILES string of the molecule is Cl.Cl.O=C(C1CCN1)N(CCc1ccccc1)Cc1cccnc1. The third kappa shape index (κ3) is 5.48. The van der Waals surface area contributed by atoms with Crippen molar-refractivity contribution in [3.05, 3.63) is 66.0 Å². The zero-order valence-electron chi connectivity index (χ0n) is 13.4. The van der Waals surface area contributed by atoms with Gasteiger partial charge in [-0.2, -0.15) is 0 Å². The van der Waals surface area contributed by atoms with Crippen LogP contribution in [-0.4, -0.2) is 34.9 Å². The monoisotopic (exact) mass is 367 g/mol. The van der Waals surface area contributed by atoms with E-state index in [2.05, 4.69) is 22.4 Å². The maximum atomic E-state index is 12.6. The summed E-state index contributed by atoms with van der Waals surface area (Å²) in [6.07, 6.45) is 5.40. The Hall–Kier alpha value is -1.62. The number of benzene rings is 1. The largest absolute Gasteiger partial charge is 0.337 e. The van der Waals surface area contributed by atoms with E-state index in [0.717, 1.165) is 31.5 Å². The summed E-state index contributed by atoms with van der Waals surface area (Å²) in [6, 6.07) is 14.2. The average Bonchev–Trinajstić information content (AvgIpc) is 2.51. The Balaban J connectivity index is 0.00000144. The Labute approximate surface area is 155 Å². The molecule has 130 valence electrons. The minimum atomic E-state index is -0.00700. The zero-order valence-corrected chi connectivity index (χ0v) is 15.1. The molecule has 1 aromatic carbocycles. The number of nitrogens with zero attached hydrogens (tertiary/aromatic N) is 2. The molecule has 2 heterocycles. The number of hydrogen-bond donors (Lipinski definition) is 1. The third-order valence-corrected chi connectivity index (χ3v) is 4.04. The highest BCUT2D eigenvalue weighted by atomic mass is 35.5. The maximum absolute atomic E-state index is 12.6. The normalized spacial score (nSPS) is 15.4. The number of amides is 1. The molecule has 24 heavy (non-hydrogen) atoms. The molecule has 1 unspecified atom stereocenters. The highest BCUT2D eigenvalue weighted by molar-refractivity contribution is 5.85. The standard InChI is InChI=1S/C18H21N3O.2ClH/c22-18(17-8-11-20-17)21(14-16-7-4-10-19-13-16)12-9-15-5-2-1-3-6-15;;/h1-7,10,13,17,20H,8-9,11-12,14H2;2*1H. The summed E-state index contributed by atoms with van der Waals surface area (Å²) in [7, 11) is 0. The van der Waals surface area contributed by atoms with Gasteiger partial charge in [-0.05, 0) is 36.6 Å². The van der Waals surface area contributed by atoms with E-state index in [9.17, 15) is 4.79 Å². The van der Waals surface area contributed by atoms with E-state index in [1.165, 1.54) is 5.56 Å². The summed E-state index contributed by atoms with van der Waals surface area (Å²) in [5, 5.41) is 3.20. The minimum Gasteiger partial charge on any atom is -0.337 e. The lowest BCUT2D eigenvalue weighted by Gasteiger charge is -2.33. The Morgan fingerprint density at radius 1 is 1.12 bits per heavy atom. The van der Waals surface area contributed by atoms with Crippen molar-refractivity contribution in [2.45, 2.75) is 25.4 Å². The van der Waals surface area contributed by atoms with E-state index in [1.807, 2.05) is 41.4 Å². The quantitative estimate of drug-likeness (QED) is 0.853. The Kier molecular flexibility index (Phi) is 8.76. The molecule has 0 aliphatic carbocycles. The molecule has 1 aliphatic rings. The van der Waals surface area contributed by atoms with Gasteiger partial charge >= 0.3 is 0 Å². The number of carbonyl (C=O) groups excluding carboxylic acids is 1. The molecule has 1 atom stereocenters. The predicted octanol–water partition coefficient (Wildman–Crippen LogP) is 2.86. The Morgan fingerprint density at radius 3 is 2.42 bits per heavy atom. The van der Waals surface area contributed by atoms with Gasteiger partial charge in [-0.15, -0.1) is 24.8 Å². The first-order valence-electron chi connectivity index (χ1n) is 7.78. The van der Waals surface area contributed by atoms with Gasteiger partial charge in [0.15, 0.2) is 0 Å². The second kappa shape index (κ2) is 10.3. The summed E-state index contributed by atoms with van der Waals surface area (Å²) in [5.41, 5.74) is 2.33. The van der Waals surface area contributed by atoms with Crippen molar-refractivity contribution in [1.82, 2.24) is 15.2 Å². The molecule has 2 aromatic rings. The van der Waals surface area contributed by atoms with Gasteiger partial charge in [-0.3, -0.25) is 9.78 Å². The second-order valence-electron chi connectivity index (χ2n) is 5.65. The molecule has 1 aliphatic heterocycles. The molecular formula is C18H23Cl2N3O. The van der Waals surface area contributed by atoms with E-state index in [4.69, 9.17) is 0 Å². The van der Waals surface area contributed by atoms with Crippen LogP contribution in [-0.2, 0) is 17.8 Å². The molecule has 1 fully saturated rings. The van der Waals surface area contributed by atoms with Gasteiger partial charge in [0.05, 0.1) is 6.04 Å². The van der Waals surface area contributed by atoms with Crippen molar-refractivity contribution in [2.75, 3.05) is 13.1 Å². The van der Waals surface area contributed by atoms with Crippen molar-refractivity contribution >= 4 is 30.7 Å². The first kappa shape index (κ1) is 20.4.